The van der Waals surface area contributed by atoms with Gasteiger partial charge in [0.1, 0.15) is 11.8 Å². The Labute approximate surface area is 191 Å². The van der Waals surface area contributed by atoms with E-state index in [9.17, 15) is 9.59 Å². The predicted molar refractivity (Wildman–Crippen MR) is 124 cm³/mol. The monoisotopic (exact) mass is 494 g/mol. The molecule has 0 radical (unpaired) electrons. The first kappa shape index (κ1) is 24.2. The molecule has 1 unspecified atom stereocenters. The van der Waals surface area contributed by atoms with Crippen LogP contribution in [-0.2, 0) is 16.1 Å². The van der Waals surface area contributed by atoms with Crippen molar-refractivity contribution in [2.24, 2.45) is 0 Å². The molecule has 7 heteroatoms. The average Bonchev–Trinajstić information content (AvgIpc) is 2.71. The largest absolute Gasteiger partial charge is 0.494 e. The molecule has 5 nitrogen and oxygen atoms in total. The van der Waals surface area contributed by atoms with E-state index in [0.717, 1.165) is 10.0 Å². The van der Waals surface area contributed by atoms with Crippen LogP contribution < -0.4 is 10.1 Å². The minimum Gasteiger partial charge on any atom is -0.494 e. The molecule has 0 aliphatic rings. The van der Waals surface area contributed by atoms with Crippen LogP contribution >= 0.6 is 27.5 Å². The first-order valence-electron chi connectivity index (χ1n) is 9.99. The number of hydrogen-bond donors (Lipinski definition) is 1. The van der Waals surface area contributed by atoms with Crippen LogP contribution in [0.5, 0.6) is 5.75 Å². The first-order valence-corrected chi connectivity index (χ1v) is 11.2. The van der Waals surface area contributed by atoms with E-state index >= 15 is 0 Å². The number of benzene rings is 2. The highest BCUT2D eigenvalue weighted by Gasteiger charge is 2.26. The molecule has 2 rings (SSSR count). The van der Waals surface area contributed by atoms with Gasteiger partial charge in [0, 0.05) is 28.5 Å². The third kappa shape index (κ3) is 8.00. The molecule has 0 aromatic heterocycles. The van der Waals surface area contributed by atoms with E-state index in [1.165, 1.54) is 0 Å². The maximum Gasteiger partial charge on any atom is 0.242 e. The molecule has 0 aliphatic heterocycles. The smallest absolute Gasteiger partial charge is 0.242 e. The Balaban J connectivity index is 1.98. The van der Waals surface area contributed by atoms with Gasteiger partial charge >= 0.3 is 0 Å². The lowest BCUT2D eigenvalue weighted by Gasteiger charge is -2.29. The SMILES string of the molecule is CC(C)NC(=O)C(C)N(Cc1ccc(Br)cc1)C(=O)CCCOc1ccc(Cl)cc1. The van der Waals surface area contributed by atoms with Gasteiger partial charge in [0.05, 0.1) is 6.61 Å². The Morgan fingerprint density at radius 2 is 1.70 bits per heavy atom. The highest BCUT2D eigenvalue weighted by molar-refractivity contribution is 9.10. The van der Waals surface area contributed by atoms with Gasteiger partial charge in [-0.3, -0.25) is 9.59 Å². The van der Waals surface area contributed by atoms with Gasteiger partial charge in [0.15, 0.2) is 0 Å². The molecule has 0 fully saturated rings. The summed E-state index contributed by atoms with van der Waals surface area (Å²) in [6.07, 6.45) is 0.847. The molecule has 0 bridgehead atoms. The number of hydrogen-bond acceptors (Lipinski definition) is 3. The minimum absolute atomic E-state index is 0.0114. The predicted octanol–water partition coefficient (Wildman–Crippen LogP) is 5.20. The van der Waals surface area contributed by atoms with E-state index in [-0.39, 0.29) is 17.9 Å². The minimum atomic E-state index is -0.569. The summed E-state index contributed by atoms with van der Waals surface area (Å²) in [5, 5.41) is 3.54. The zero-order chi connectivity index (χ0) is 22.1. The third-order valence-corrected chi connectivity index (χ3v) is 5.26. The van der Waals surface area contributed by atoms with Crippen molar-refractivity contribution in [3.05, 3.63) is 63.6 Å². The number of halogens is 2. The summed E-state index contributed by atoms with van der Waals surface area (Å²) in [4.78, 5) is 27.1. The Kier molecular flexibility index (Phi) is 9.66. The van der Waals surface area contributed by atoms with Crippen LogP contribution in [0.25, 0.3) is 0 Å². The number of carbonyl (C=O) groups excluding carboxylic acids is 2. The van der Waals surface area contributed by atoms with Gasteiger partial charge in [-0.1, -0.05) is 39.7 Å². The second kappa shape index (κ2) is 12.0. The molecule has 0 heterocycles. The van der Waals surface area contributed by atoms with Gasteiger partial charge in [-0.15, -0.1) is 0 Å². The van der Waals surface area contributed by atoms with Gasteiger partial charge in [-0.2, -0.15) is 0 Å². The zero-order valence-corrected chi connectivity index (χ0v) is 19.9. The fourth-order valence-corrected chi connectivity index (χ4v) is 3.25. The quantitative estimate of drug-likeness (QED) is 0.461. The van der Waals surface area contributed by atoms with E-state index in [1.54, 1.807) is 36.1 Å². The van der Waals surface area contributed by atoms with Crippen LogP contribution in [0.15, 0.2) is 53.0 Å². The summed E-state index contributed by atoms with van der Waals surface area (Å²) in [6, 6.07) is 14.3. The molecule has 0 saturated carbocycles. The van der Waals surface area contributed by atoms with Gasteiger partial charge in [-0.05, 0) is 69.2 Å². The van der Waals surface area contributed by atoms with E-state index in [4.69, 9.17) is 16.3 Å². The second-order valence-electron chi connectivity index (χ2n) is 7.39. The van der Waals surface area contributed by atoms with Crippen LogP contribution in [0.4, 0.5) is 0 Å². The highest BCUT2D eigenvalue weighted by Crippen LogP contribution is 2.17. The van der Waals surface area contributed by atoms with Crippen molar-refractivity contribution in [3.8, 4) is 5.75 Å². The Morgan fingerprint density at radius 3 is 2.30 bits per heavy atom. The van der Waals surface area contributed by atoms with E-state index in [1.807, 2.05) is 38.1 Å². The molecule has 2 amide bonds. The first-order chi connectivity index (χ1) is 14.3. The molecule has 0 saturated heterocycles. The molecule has 0 spiro atoms. The number of nitrogens with one attached hydrogen (secondary N) is 1. The fraction of sp³-hybridized carbons (Fsp3) is 0.391. The van der Waals surface area contributed by atoms with Crippen molar-refractivity contribution in [1.29, 1.82) is 0 Å². The molecule has 1 atom stereocenters. The normalized spacial score (nSPS) is 11.8. The van der Waals surface area contributed by atoms with Crippen LogP contribution in [-0.4, -0.2) is 35.4 Å². The standard InChI is InChI=1S/C23H28BrClN2O3/c1-16(2)26-23(29)17(3)27(15-18-6-8-19(24)9-7-18)22(28)5-4-14-30-21-12-10-20(25)11-13-21/h6-13,16-17H,4-5,14-15H2,1-3H3,(H,26,29). The molecule has 1 N–H and O–H groups in total. The van der Waals surface area contributed by atoms with Crippen molar-refractivity contribution in [2.75, 3.05) is 6.61 Å². The molecule has 0 aliphatic carbocycles. The number of ether oxygens (including phenoxy) is 1. The zero-order valence-electron chi connectivity index (χ0n) is 17.5. The fourth-order valence-electron chi connectivity index (χ4n) is 2.86. The molecule has 162 valence electrons. The maximum atomic E-state index is 13.0. The van der Waals surface area contributed by atoms with Crippen molar-refractivity contribution in [2.45, 2.75) is 52.2 Å². The summed E-state index contributed by atoms with van der Waals surface area (Å²) in [5.41, 5.74) is 0.966. The number of nitrogens with zero attached hydrogens (tertiary/aromatic N) is 1. The number of rotatable bonds is 10. The number of carbonyl (C=O) groups is 2. The second-order valence-corrected chi connectivity index (χ2v) is 8.75. The van der Waals surface area contributed by atoms with Crippen LogP contribution in [0.2, 0.25) is 5.02 Å². The van der Waals surface area contributed by atoms with Gasteiger partial charge in [0.25, 0.3) is 0 Å². The summed E-state index contributed by atoms with van der Waals surface area (Å²) in [5.74, 6) is 0.472. The summed E-state index contributed by atoms with van der Waals surface area (Å²) < 4.78 is 6.64. The lowest BCUT2D eigenvalue weighted by atomic mass is 10.1. The molecule has 2 aromatic rings. The van der Waals surface area contributed by atoms with Crippen molar-refractivity contribution >= 4 is 39.3 Å². The van der Waals surface area contributed by atoms with Gasteiger partial charge in [-0.25, -0.2) is 0 Å². The van der Waals surface area contributed by atoms with Crippen LogP contribution in [0.1, 0.15) is 39.2 Å². The summed E-state index contributed by atoms with van der Waals surface area (Å²) in [6.45, 7) is 6.35. The van der Waals surface area contributed by atoms with E-state index in [0.29, 0.717) is 36.8 Å². The third-order valence-electron chi connectivity index (χ3n) is 4.48. The maximum absolute atomic E-state index is 13.0. The lowest BCUT2D eigenvalue weighted by molar-refractivity contribution is -0.141. The number of amides is 2. The summed E-state index contributed by atoms with van der Waals surface area (Å²) >= 11 is 9.29. The van der Waals surface area contributed by atoms with Crippen molar-refractivity contribution in [1.82, 2.24) is 10.2 Å². The molecular formula is C23H28BrClN2O3. The average molecular weight is 496 g/mol. The summed E-state index contributed by atoms with van der Waals surface area (Å²) in [7, 11) is 0. The van der Waals surface area contributed by atoms with E-state index < -0.39 is 6.04 Å². The van der Waals surface area contributed by atoms with Crippen molar-refractivity contribution < 1.29 is 14.3 Å². The topological polar surface area (TPSA) is 58.6 Å². The van der Waals surface area contributed by atoms with Crippen LogP contribution in [0.3, 0.4) is 0 Å². The van der Waals surface area contributed by atoms with E-state index in [2.05, 4.69) is 21.2 Å². The molecule has 2 aromatic carbocycles. The van der Waals surface area contributed by atoms with Crippen molar-refractivity contribution in [3.63, 3.8) is 0 Å². The Morgan fingerprint density at radius 1 is 1.07 bits per heavy atom. The Bertz CT molecular complexity index is 825. The van der Waals surface area contributed by atoms with Crippen LogP contribution in [0, 0.1) is 0 Å². The molecular weight excluding hydrogens is 468 g/mol. The Hall–Kier alpha value is -2.05. The lowest BCUT2D eigenvalue weighted by Crippen LogP contribution is -2.49. The van der Waals surface area contributed by atoms with Gasteiger partial charge < -0.3 is 15.0 Å². The molecule has 30 heavy (non-hydrogen) atoms. The highest BCUT2D eigenvalue weighted by atomic mass is 79.9. The van der Waals surface area contributed by atoms with Gasteiger partial charge in [0.2, 0.25) is 11.8 Å².